The third kappa shape index (κ3) is 3.90. The van der Waals surface area contributed by atoms with E-state index in [2.05, 4.69) is 37.8 Å². The molecule has 0 amide bonds. The zero-order chi connectivity index (χ0) is 9.68. The van der Waals surface area contributed by atoms with Crippen LogP contribution in [0.4, 0.5) is 0 Å². The fourth-order valence-electron chi connectivity index (χ4n) is 1.96. The molecule has 1 aliphatic heterocycles. The first kappa shape index (κ1) is 11.4. The zero-order valence-corrected chi connectivity index (χ0v) is 9.99. The third-order valence-electron chi connectivity index (χ3n) is 2.85. The summed E-state index contributed by atoms with van der Waals surface area (Å²) >= 11 is 2.10. The van der Waals surface area contributed by atoms with Crippen LogP contribution in [0.15, 0.2) is 0 Å². The molecule has 0 saturated carbocycles. The highest BCUT2D eigenvalue weighted by molar-refractivity contribution is 7.99. The Hall–Kier alpha value is 0.310. The number of nitrogens with one attached hydrogen (secondary N) is 1. The second-order valence-corrected chi connectivity index (χ2v) is 5.49. The van der Waals surface area contributed by atoms with Gasteiger partial charge in [0.1, 0.15) is 0 Å². The molecule has 0 aromatic carbocycles. The van der Waals surface area contributed by atoms with Crippen molar-refractivity contribution in [3.8, 4) is 0 Å². The van der Waals surface area contributed by atoms with Crippen LogP contribution >= 0.6 is 11.8 Å². The highest BCUT2D eigenvalue weighted by Gasteiger charge is 2.18. The van der Waals surface area contributed by atoms with Gasteiger partial charge in [-0.1, -0.05) is 20.8 Å². The van der Waals surface area contributed by atoms with Crippen LogP contribution in [0.5, 0.6) is 0 Å². The first-order valence-electron chi connectivity index (χ1n) is 5.57. The Labute approximate surface area is 87.1 Å². The molecule has 13 heavy (non-hydrogen) atoms. The van der Waals surface area contributed by atoms with E-state index in [1.807, 2.05) is 0 Å². The average Bonchev–Trinajstić information content (AvgIpc) is 2.15. The molecule has 1 heterocycles. The Balaban J connectivity index is 2.27. The van der Waals surface area contributed by atoms with E-state index in [0.717, 1.165) is 18.0 Å². The average molecular weight is 201 g/mol. The highest BCUT2D eigenvalue weighted by Crippen LogP contribution is 2.18. The van der Waals surface area contributed by atoms with Crippen molar-refractivity contribution in [3.05, 3.63) is 0 Å². The minimum atomic E-state index is 0.726. The lowest BCUT2D eigenvalue weighted by atomic mass is 10.00. The molecule has 1 nitrogen and oxygen atoms in total. The fraction of sp³-hybridized carbons (Fsp3) is 1.00. The van der Waals surface area contributed by atoms with Crippen LogP contribution in [-0.4, -0.2) is 23.6 Å². The lowest BCUT2D eigenvalue weighted by molar-refractivity contribution is 0.343. The summed E-state index contributed by atoms with van der Waals surface area (Å²) < 4.78 is 0. The zero-order valence-electron chi connectivity index (χ0n) is 9.18. The van der Waals surface area contributed by atoms with Gasteiger partial charge in [-0.2, -0.15) is 11.8 Å². The summed E-state index contributed by atoms with van der Waals surface area (Å²) in [5.41, 5.74) is 0. The third-order valence-corrected chi connectivity index (χ3v) is 4.07. The van der Waals surface area contributed by atoms with E-state index in [-0.39, 0.29) is 0 Å². The second kappa shape index (κ2) is 5.92. The van der Waals surface area contributed by atoms with Crippen molar-refractivity contribution in [3.63, 3.8) is 0 Å². The van der Waals surface area contributed by atoms with Gasteiger partial charge in [0.05, 0.1) is 0 Å². The van der Waals surface area contributed by atoms with E-state index in [1.54, 1.807) is 0 Å². The molecule has 1 N–H and O–H groups in total. The van der Waals surface area contributed by atoms with Crippen molar-refractivity contribution in [1.82, 2.24) is 5.32 Å². The molecule has 0 aliphatic carbocycles. The van der Waals surface area contributed by atoms with Crippen molar-refractivity contribution in [2.75, 3.05) is 11.5 Å². The van der Waals surface area contributed by atoms with Crippen LogP contribution in [0.1, 0.15) is 40.0 Å². The van der Waals surface area contributed by atoms with Crippen LogP contribution in [-0.2, 0) is 0 Å². The maximum absolute atomic E-state index is 3.78. The largest absolute Gasteiger partial charge is 0.310 e. The summed E-state index contributed by atoms with van der Waals surface area (Å²) in [6.45, 7) is 6.92. The van der Waals surface area contributed by atoms with Gasteiger partial charge in [0, 0.05) is 17.8 Å². The molecule has 0 aromatic rings. The molecule has 1 aliphatic rings. The van der Waals surface area contributed by atoms with E-state index >= 15 is 0 Å². The Morgan fingerprint density at radius 2 is 2.23 bits per heavy atom. The molecule has 2 unspecified atom stereocenters. The van der Waals surface area contributed by atoms with Gasteiger partial charge in [0.2, 0.25) is 0 Å². The summed E-state index contributed by atoms with van der Waals surface area (Å²) in [5.74, 6) is 3.47. The van der Waals surface area contributed by atoms with Crippen molar-refractivity contribution in [2.24, 2.45) is 5.92 Å². The minimum absolute atomic E-state index is 0.726. The molecule has 1 rings (SSSR count). The number of rotatable bonds is 4. The number of hydrogen-bond acceptors (Lipinski definition) is 2. The Morgan fingerprint density at radius 3 is 2.69 bits per heavy atom. The monoisotopic (exact) mass is 201 g/mol. The van der Waals surface area contributed by atoms with Gasteiger partial charge in [-0.05, 0) is 30.9 Å². The molecule has 0 spiro atoms. The van der Waals surface area contributed by atoms with Gasteiger partial charge in [-0.25, -0.2) is 0 Å². The van der Waals surface area contributed by atoms with Crippen molar-refractivity contribution >= 4 is 11.8 Å². The van der Waals surface area contributed by atoms with E-state index in [0.29, 0.717) is 0 Å². The predicted molar refractivity (Wildman–Crippen MR) is 62.4 cm³/mol. The summed E-state index contributed by atoms with van der Waals surface area (Å²) in [7, 11) is 0. The Morgan fingerprint density at radius 1 is 1.46 bits per heavy atom. The Kier molecular flexibility index (Phi) is 5.18. The van der Waals surface area contributed by atoms with Gasteiger partial charge >= 0.3 is 0 Å². The predicted octanol–water partition coefficient (Wildman–Crippen LogP) is 2.91. The van der Waals surface area contributed by atoms with E-state index < -0.39 is 0 Å². The SMILES string of the molecule is CCC(NC1CCCSC1)C(C)C. The lowest BCUT2D eigenvalue weighted by Crippen LogP contribution is -2.43. The minimum Gasteiger partial charge on any atom is -0.310 e. The number of hydrogen-bond donors (Lipinski definition) is 1. The molecule has 0 radical (unpaired) electrons. The normalized spacial score (nSPS) is 26.3. The first-order chi connectivity index (χ1) is 6.24. The summed E-state index contributed by atoms with van der Waals surface area (Å²) in [6, 6.07) is 1.51. The first-order valence-corrected chi connectivity index (χ1v) is 6.73. The van der Waals surface area contributed by atoms with E-state index in [1.165, 1.54) is 30.8 Å². The van der Waals surface area contributed by atoms with Crippen LogP contribution in [0, 0.1) is 5.92 Å². The summed E-state index contributed by atoms with van der Waals surface area (Å²) in [4.78, 5) is 0. The highest BCUT2D eigenvalue weighted by atomic mass is 32.2. The summed E-state index contributed by atoms with van der Waals surface area (Å²) in [6.07, 6.45) is 4.05. The topological polar surface area (TPSA) is 12.0 Å². The van der Waals surface area contributed by atoms with Gasteiger partial charge in [0.25, 0.3) is 0 Å². The molecular formula is C11H23NS. The second-order valence-electron chi connectivity index (χ2n) is 4.34. The molecule has 0 bridgehead atoms. The van der Waals surface area contributed by atoms with Crippen LogP contribution < -0.4 is 5.32 Å². The molecule has 0 aromatic heterocycles. The van der Waals surface area contributed by atoms with Crippen LogP contribution in [0.25, 0.3) is 0 Å². The molecule has 78 valence electrons. The Bertz CT molecular complexity index is 130. The van der Waals surface area contributed by atoms with Gasteiger partial charge in [-0.15, -0.1) is 0 Å². The van der Waals surface area contributed by atoms with E-state index in [9.17, 15) is 0 Å². The molecule has 2 atom stereocenters. The van der Waals surface area contributed by atoms with Crippen molar-refractivity contribution in [2.45, 2.75) is 52.1 Å². The smallest absolute Gasteiger partial charge is 0.0161 e. The van der Waals surface area contributed by atoms with Crippen molar-refractivity contribution < 1.29 is 0 Å². The van der Waals surface area contributed by atoms with Gasteiger partial charge in [0.15, 0.2) is 0 Å². The molecule has 2 heteroatoms. The maximum Gasteiger partial charge on any atom is 0.0161 e. The molecular weight excluding hydrogens is 178 g/mol. The fourth-order valence-corrected chi connectivity index (χ4v) is 3.04. The standard InChI is InChI=1S/C11H23NS/c1-4-11(9(2)3)12-10-6-5-7-13-8-10/h9-12H,4-8H2,1-3H3. The maximum atomic E-state index is 3.78. The van der Waals surface area contributed by atoms with Crippen LogP contribution in [0.2, 0.25) is 0 Å². The lowest BCUT2D eigenvalue weighted by Gasteiger charge is -2.29. The van der Waals surface area contributed by atoms with Gasteiger partial charge in [-0.3, -0.25) is 0 Å². The molecule has 1 saturated heterocycles. The van der Waals surface area contributed by atoms with Gasteiger partial charge < -0.3 is 5.32 Å². The van der Waals surface area contributed by atoms with Crippen molar-refractivity contribution in [1.29, 1.82) is 0 Å². The number of thioether (sulfide) groups is 1. The summed E-state index contributed by atoms with van der Waals surface area (Å²) in [5, 5.41) is 3.78. The van der Waals surface area contributed by atoms with E-state index in [4.69, 9.17) is 0 Å². The molecule has 1 fully saturated rings. The quantitative estimate of drug-likeness (QED) is 0.750. The van der Waals surface area contributed by atoms with Crippen LogP contribution in [0.3, 0.4) is 0 Å².